The molecule has 2 aromatic rings. The van der Waals surface area contributed by atoms with E-state index in [0.29, 0.717) is 5.02 Å². The summed E-state index contributed by atoms with van der Waals surface area (Å²) in [6, 6.07) is 10.7. The van der Waals surface area contributed by atoms with Crippen LogP contribution in [0.1, 0.15) is 27.1 Å². The van der Waals surface area contributed by atoms with Crippen molar-refractivity contribution in [2.45, 2.75) is 6.42 Å². The number of methoxy groups -OCH3 is 2. The number of benzene rings is 2. The fraction of sp³-hybridized carbons (Fsp3) is 0.261. The predicted molar refractivity (Wildman–Crippen MR) is 125 cm³/mol. The number of hydrogen-bond acceptors (Lipinski definition) is 8. The molecule has 2 aromatic carbocycles. The van der Waals surface area contributed by atoms with Crippen molar-refractivity contribution < 1.29 is 38.2 Å². The Morgan fingerprint density at radius 3 is 2.22 bits per heavy atom. The zero-order chi connectivity index (χ0) is 26.2. The maximum Gasteiger partial charge on any atom is 0.311 e. The van der Waals surface area contributed by atoms with Gasteiger partial charge in [-0.3, -0.25) is 45.3 Å². The number of carbonyl (C=O) groups excluding carboxylic acids is 5. The molecule has 4 amide bonds. The average molecular weight is 519 g/mol. The van der Waals surface area contributed by atoms with Crippen LogP contribution in [-0.4, -0.2) is 62.0 Å². The molecular formula is C23H23ClN4O8. The zero-order valence-corrected chi connectivity index (χ0v) is 20.1. The molecule has 0 unspecified atom stereocenters. The first-order valence-electron chi connectivity index (χ1n) is 10.6. The van der Waals surface area contributed by atoms with E-state index in [1.165, 1.54) is 38.5 Å². The van der Waals surface area contributed by atoms with Crippen LogP contribution in [0, 0.1) is 5.92 Å². The molecule has 1 aliphatic rings. The second-order valence-electron chi connectivity index (χ2n) is 7.50. The average Bonchev–Trinajstić information content (AvgIpc) is 3.25. The number of amides is 4. The minimum Gasteiger partial charge on any atom is -0.496 e. The highest BCUT2D eigenvalue weighted by Crippen LogP contribution is 2.28. The Hall–Kier alpha value is -4.32. The second kappa shape index (κ2) is 11.9. The second-order valence-corrected chi connectivity index (χ2v) is 7.94. The van der Waals surface area contributed by atoms with Crippen molar-refractivity contribution in [3.05, 3.63) is 58.6 Å². The summed E-state index contributed by atoms with van der Waals surface area (Å²) in [5.74, 6) is -3.80. The first kappa shape index (κ1) is 26.3. The van der Waals surface area contributed by atoms with Gasteiger partial charge in [-0.05, 0) is 36.4 Å². The fourth-order valence-corrected chi connectivity index (χ4v) is 3.44. The molecule has 3 N–H and O–H groups in total. The lowest BCUT2D eigenvalue weighted by Gasteiger charge is -2.19. The van der Waals surface area contributed by atoms with E-state index < -0.39 is 42.1 Å². The van der Waals surface area contributed by atoms with Gasteiger partial charge >= 0.3 is 5.97 Å². The quantitative estimate of drug-likeness (QED) is 0.343. The molecule has 12 nitrogen and oxygen atoms in total. The minimum atomic E-state index is -0.908. The zero-order valence-electron chi connectivity index (χ0n) is 19.3. The van der Waals surface area contributed by atoms with E-state index in [0.717, 1.165) is 5.01 Å². The number of esters is 1. The van der Waals surface area contributed by atoms with Crippen molar-refractivity contribution in [3.8, 4) is 11.5 Å². The van der Waals surface area contributed by atoms with Crippen molar-refractivity contribution in [3.63, 3.8) is 0 Å². The van der Waals surface area contributed by atoms with Gasteiger partial charge in [0, 0.05) is 17.0 Å². The highest BCUT2D eigenvalue weighted by molar-refractivity contribution is 6.30. The van der Waals surface area contributed by atoms with Crippen LogP contribution in [0.3, 0.4) is 0 Å². The number of nitrogens with one attached hydrogen (secondary N) is 3. The van der Waals surface area contributed by atoms with Crippen molar-refractivity contribution in [1.29, 1.82) is 0 Å². The van der Waals surface area contributed by atoms with Crippen LogP contribution in [0.25, 0.3) is 0 Å². The molecule has 1 atom stereocenters. The lowest BCUT2D eigenvalue weighted by atomic mass is 10.1. The van der Waals surface area contributed by atoms with Gasteiger partial charge in [0.05, 0.1) is 26.7 Å². The van der Waals surface area contributed by atoms with Crippen molar-refractivity contribution in [2.75, 3.05) is 27.4 Å². The standard InChI is InChI=1S/C23H23ClN4O8/c1-34-16-4-3-5-17(35-2)20(16)22(32)27-28-11-14(10-19(28)30)23(33)36-12-18(29)25-26-21(31)13-6-8-15(24)9-7-13/h3-9,14H,10-12H2,1-2H3,(H,25,29)(H,26,31)(H,27,32)/t14-/m0/s1. The number of rotatable bonds is 8. The van der Waals surface area contributed by atoms with Crippen LogP contribution < -0.4 is 25.8 Å². The molecule has 0 bridgehead atoms. The summed E-state index contributed by atoms with van der Waals surface area (Å²) in [4.78, 5) is 61.4. The van der Waals surface area contributed by atoms with Gasteiger partial charge in [-0.25, -0.2) is 0 Å². The number of hydrazine groups is 2. The monoisotopic (exact) mass is 518 g/mol. The van der Waals surface area contributed by atoms with Gasteiger partial charge in [0.25, 0.3) is 17.7 Å². The van der Waals surface area contributed by atoms with Gasteiger partial charge in [-0.1, -0.05) is 17.7 Å². The molecule has 1 heterocycles. The summed E-state index contributed by atoms with van der Waals surface area (Å²) in [5, 5.41) is 1.44. The van der Waals surface area contributed by atoms with E-state index in [2.05, 4.69) is 16.3 Å². The lowest BCUT2D eigenvalue weighted by Crippen LogP contribution is -2.44. The molecule has 1 aliphatic heterocycles. The smallest absolute Gasteiger partial charge is 0.311 e. The largest absolute Gasteiger partial charge is 0.496 e. The van der Waals surface area contributed by atoms with Gasteiger partial charge in [0.2, 0.25) is 5.91 Å². The van der Waals surface area contributed by atoms with Crippen LogP contribution >= 0.6 is 11.6 Å². The van der Waals surface area contributed by atoms with Crippen LogP contribution in [0.4, 0.5) is 0 Å². The highest BCUT2D eigenvalue weighted by atomic mass is 35.5. The highest BCUT2D eigenvalue weighted by Gasteiger charge is 2.37. The molecule has 1 saturated heterocycles. The fourth-order valence-electron chi connectivity index (χ4n) is 3.32. The Bertz CT molecular complexity index is 1150. The maximum atomic E-state index is 12.8. The molecule has 13 heteroatoms. The van der Waals surface area contributed by atoms with Gasteiger partial charge in [0.15, 0.2) is 6.61 Å². The molecule has 0 saturated carbocycles. The van der Waals surface area contributed by atoms with E-state index in [4.69, 9.17) is 25.8 Å². The Labute approximate surface area is 210 Å². The third kappa shape index (κ3) is 6.42. The van der Waals surface area contributed by atoms with Gasteiger partial charge < -0.3 is 14.2 Å². The molecule has 0 radical (unpaired) electrons. The summed E-state index contributed by atoms with van der Waals surface area (Å²) < 4.78 is 15.3. The van der Waals surface area contributed by atoms with E-state index in [9.17, 15) is 24.0 Å². The first-order valence-corrected chi connectivity index (χ1v) is 10.9. The number of ether oxygens (including phenoxy) is 3. The number of hydrogen-bond donors (Lipinski definition) is 3. The van der Waals surface area contributed by atoms with Gasteiger partial charge in [-0.2, -0.15) is 0 Å². The van der Waals surface area contributed by atoms with Crippen molar-refractivity contribution in [1.82, 2.24) is 21.3 Å². The minimum absolute atomic E-state index is 0.0821. The maximum absolute atomic E-state index is 12.8. The normalized spacial score (nSPS) is 14.6. The molecular weight excluding hydrogens is 496 g/mol. The molecule has 190 valence electrons. The summed E-state index contributed by atoms with van der Waals surface area (Å²) in [5.41, 5.74) is 7.07. The number of nitrogens with zero attached hydrogens (tertiary/aromatic N) is 1. The van der Waals surface area contributed by atoms with E-state index in [-0.39, 0.29) is 35.6 Å². The Kier molecular flexibility index (Phi) is 8.68. The molecule has 0 aromatic heterocycles. The number of halogens is 1. The lowest BCUT2D eigenvalue weighted by molar-refractivity contribution is -0.152. The van der Waals surface area contributed by atoms with Crippen molar-refractivity contribution >= 4 is 41.2 Å². The van der Waals surface area contributed by atoms with Gasteiger partial charge in [0.1, 0.15) is 17.1 Å². The molecule has 0 spiro atoms. The van der Waals surface area contributed by atoms with E-state index >= 15 is 0 Å². The summed E-state index contributed by atoms with van der Waals surface area (Å²) in [7, 11) is 2.77. The Balaban J connectivity index is 1.48. The third-order valence-electron chi connectivity index (χ3n) is 5.12. The van der Waals surface area contributed by atoms with E-state index in [1.807, 2.05) is 0 Å². The topological polar surface area (TPSA) is 152 Å². The molecule has 0 aliphatic carbocycles. The summed E-state index contributed by atoms with van der Waals surface area (Å²) >= 11 is 5.76. The Morgan fingerprint density at radius 2 is 1.61 bits per heavy atom. The predicted octanol–water partition coefficient (Wildman–Crippen LogP) is 0.855. The van der Waals surface area contributed by atoms with Gasteiger partial charge in [-0.15, -0.1) is 0 Å². The molecule has 3 rings (SSSR count). The third-order valence-corrected chi connectivity index (χ3v) is 5.37. The van der Waals surface area contributed by atoms with Crippen LogP contribution in [0.5, 0.6) is 11.5 Å². The SMILES string of the molecule is COc1cccc(OC)c1C(=O)NN1C[C@@H](C(=O)OCC(=O)NNC(=O)c2ccc(Cl)cc2)CC1=O. The first-order chi connectivity index (χ1) is 17.2. The Morgan fingerprint density at radius 1 is 0.972 bits per heavy atom. The summed E-state index contributed by atoms with van der Waals surface area (Å²) in [6.45, 7) is -0.842. The summed E-state index contributed by atoms with van der Waals surface area (Å²) in [6.07, 6.45) is -0.225. The van der Waals surface area contributed by atoms with Crippen LogP contribution in [0.2, 0.25) is 5.02 Å². The number of carbonyl (C=O) groups is 5. The molecule has 36 heavy (non-hydrogen) atoms. The van der Waals surface area contributed by atoms with Crippen LogP contribution in [-0.2, 0) is 19.1 Å². The van der Waals surface area contributed by atoms with E-state index in [1.54, 1.807) is 18.2 Å². The van der Waals surface area contributed by atoms with Crippen molar-refractivity contribution in [2.24, 2.45) is 5.92 Å². The van der Waals surface area contributed by atoms with Crippen LogP contribution in [0.15, 0.2) is 42.5 Å². The molecule has 1 fully saturated rings.